The fourth-order valence-electron chi connectivity index (χ4n) is 2.86. The topological polar surface area (TPSA) is 64.4 Å². The summed E-state index contributed by atoms with van der Waals surface area (Å²) in [7, 11) is 1.61. The number of rotatable bonds is 7. The number of para-hydroxylation sites is 1. The second-order valence-corrected chi connectivity index (χ2v) is 5.96. The van der Waals surface area contributed by atoms with Gasteiger partial charge in [-0.1, -0.05) is 48.5 Å². The molecule has 0 spiro atoms. The van der Waals surface area contributed by atoms with Gasteiger partial charge >= 0.3 is 0 Å². The number of nitrogens with zero attached hydrogens (tertiary/aromatic N) is 1. The Morgan fingerprint density at radius 3 is 2.62 bits per heavy atom. The van der Waals surface area contributed by atoms with Crippen LogP contribution in [0, 0.1) is 6.92 Å². The van der Waals surface area contributed by atoms with Gasteiger partial charge in [0.05, 0.1) is 13.5 Å². The number of nitrogens with one attached hydrogen (secondary N) is 1. The molecule has 0 bridgehead atoms. The van der Waals surface area contributed by atoms with E-state index in [4.69, 9.17) is 9.15 Å². The first-order chi connectivity index (χ1) is 12.7. The normalized spacial score (nSPS) is 10.5. The molecule has 0 fully saturated rings. The summed E-state index contributed by atoms with van der Waals surface area (Å²) in [6, 6.07) is 17.4. The first kappa shape index (κ1) is 17.7. The lowest BCUT2D eigenvalue weighted by atomic mass is 10.1. The van der Waals surface area contributed by atoms with E-state index in [1.54, 1.807) is 7.11 Å². The van der Waals surface area contributed by atoms with Gasteiger partial charge in [0.25, 0.3) is 0 Å². The van der Waals surface area contributed by atoms with Crippen molar-refractivity contribution < 1.29 is 13.9 Å². The number of benzene rings is 2. The van der Waals surface area contributed by atoms with Gasteiger partial charge in [0, 0.05) is 31.0 Å². The maximum atomic E-state index is 12.2. The van der Waals surface area contributed by atoms with Crippen LogP contribution in [0.5, 0.6) is 5.75 Å². The third kappa shape index (κ3) is 4.30. The Morgan fingerprint density at radius 1 is 1.12 bits per heavy atom. The molecule has 2 aromatic carbocycles. The first-order valence-corrected chi connectivity index (χ1v) is 8.57. The van der Waals surface area contributed by atoms with Crippen molar-refractivity contribution in [2.24, 2.45) is 0 Å². The number of hydrogen-bond acceptors (Lipinski definition) is 4. The molecule has 0 saturated carbocycles. The molecule has 0 unspecified atom stereocenters. The highest BCUT2D eigenvalue weighted by Gasteiger charge is 2.14. The molecule has 0 aliphatic carbocycles. The monoisotopic (exact) mass is 350 g/mol. The third-order valence-corrected chi connectivity index (χ3v) is 4.07. The van der Waals surface area contributed by atoms with E-state index in [0.717, 1.165) is 28.3 Å². The quantitative estimate of drug-likeness (QED) is 0.708. The molecule has 0 aliphatic rings. The Labute approximate surface area is 153 Å². The van der Waals surface area contributed by atoms with Gasteiger partial charge in [-0.2, -0.15) is 0 Å². The van der Waals surface area contributed by atoms with Gasteiger partial charge in [-0.3, -0.25) is 4.79 Å². The van der Waals surface area contributed by atoms with E-state index in [1.807, 2.05) is 61.5 Å². The van der Waals surface area contributed by atoms with Crippen molar-refractivity contribution in [2.75, 3.05) is 13.7 Å². The van der Waals surface area contributed by atoms with Crippen LogP contribution in [0.2, 0.25) is 0 Å². The average molecular weight is 350 g/mol. The molecule has 0 saturated heterocycles. The summed E-state index contributed by atoms with van der Waals surface area (Å²) in [5.74, 6) is 2.08. The van der Waals surface area contributed by atoms with Crippen LogP contribution in [0.3, 0.4) is 0 Å². The number of methoxy groups -OCH3 is 1. The fourth-order valence-corrected chi connectivity index (χ4v) is 2.86. The Hall–Kier alpha value is -3.08. The molecule has 134 valence electrons. The van der Waals surface area contributed by atoms with Crippen molar-refractivity contribution >= 4 is 5.91 Å². The zero-order valence-electron chi connectivity index (χ0n) is 15.0. The number of oxazole rings is 1. The van der Waals surface area contributed by atoms with Crippen molar-refractivity contribution in [3.63, 3.8) is 0 Å². The Bertz CT molecular complexity index is 872. The van der Waals surface area contributed by atoms with E-state index >= 15 is 0 Å². The number of hydrogen-bond donors (Lipinski definition) is 1. The third-order valence-electron chi connectivity index (χ3n) is 4.07. The second kappa shape index (κ2) is 8.34. The minimum absolute atomic E-state index is 0.0491. The van der Waals surface area contributed by atoms with Gasteiger partial charge < -0.3 is 14.5 Å². The summed E-state index contributed by atoms with van der Waals surface area (Å²) in [6.07, 6.45) is 0.869. The Morgan fingerprint density at radius 2 is 1.85 bits per heavy atom. The van der Waals surface area contributed by atoms with Crippen LogP contribution in [0.15, 0.2) is 59.0 Å². The van der Waals surface area contributed by atoms with Crippen molar-refractivity contribution in [1.82, 2.24) is 10.3 Å². The summed E-state index contributed by atoms with van der Waals surface area (Å²) < 4.78 is 11.0. The fraction of sp³-hybridized carbons (Fsp3) is 0.238. The number of aromatic nitrogens is 1. The Balaban J connectivity index is 1.59. The molecular formula is C21H22N2O3. The van der Waals surface area contributed by atoms with Gasteiger partial charge in [-0.25, -0.2) is 4.98 Å². The van der Waals surface area contributed by atoms with E-state index in [9.17, 15) is 4.79 Å². The van der Waals surface area contributed by atoms with E-state index in [1.165, 1.54) is 0 Å². The SMILES string of the molecule is COc1ccccc1CC(=O)NCCc1oc(C)nc1-c1ccccc1. The minimum atomic E-state index is -0.0491. The van der Waals surface area contributed by atoms with Gasteiger partial charge in [0.15, 0.2) is 5.89 Å². The van der Waals surface area contributed by atoms with E-state index in [2.05, 4.69) is 10.3 Å². The highest BCUT2D eigenvalue weighted by atomic mass is 16.5. The number of carbonyl (C=O) groups is 1. The molecule has 3 aromatic rings. The highest BCUT2D eigenvalue weighted by Crippen LogP contribution is 2.24. The van der Waals surface area contributed by atoms with Crippen molar-refractivity contribution in [1.29, 1.82) is 0 Å². The summed E-state index contributed by atoms with van der Waals surface area (Å²) in [5.41, 5.74) is 2.72. The van der Waals surface area contributed by atoms with Crippen molar-refractivity contribution in [2.45, 2.75) is 19.8 Å². The van der Waals surface area contributed by atoms with E-state index < -0.39 is 0 Å². The summed E-state index contributed by atoms with van der Waals surface area (Å²) in [5, 5.41) is 2.94. The van der Waals surface area contributed by atoms with Crippen LogP contribution in [-0.4, -0.2) is 24.5 Å². The lowest BCUT2D eigenvalue weighted by molar-refractivity contribution is -0.120. The predicted octanol–water partition coefficient (Wildman–Crippen LogP) is 3.56. The zero-order valence-corrected chi connectivity index (χ0v) is 15.0. The minimum Gasteiger partial charge on any atom is -0.496 e. The smallest absolute Gasteiger partial charge is 0.224 e. The van der Waals surface area contributed by atoms with Gasteiger partial charge in [-0.15, -0.1) is 0 Å². The maximum absolute atomic E-state index is 12.2. The van der Waals surface area contributed by atoms with Crippen LogP contribution in [0.4, 0.5) is 0 Å². The molecule has 26 heavy (non-hydrogen) atoms. The molecule has 0 atom stereocenters. The zero-order chi connectivity index (χ0) is 18.4. The molecule has 0 aliphatic heterocycles. The first-order valence-electron chi connectivity index (χ1n) is 8.57. The molecule has 1 heterocycles. The average Bonchev–Trinajstić information content (AvgIpc) is 3.03. The van der Waals surface area contributed by atoms with Crippen LogP contribution < -0.4 is 10.1 Å². The lowest BCUT2D eigenvalue weighted by Crippen LogP contribution is -2.27. The predicted molar refractivity (Wildman–Crippen MR) is 100 cm³/mol. The maximum Gasteiger partial charge on any atom is 0.224 e. The standard InChI is InChI=1S/C21H22N2O3/c1-15-23-21(16-8-4-3-5-9-16)19(26-15)12-13-22-20(24)14-17-10-6-7-11-18(17)25-2/h3-11H,12-14H2,1-2H3,(H,22,24). The van der Waals surface area contributed by atoms with E-state index in [-0.39, 0.29) is 12.3 Å². The number of ether oxygens (including phenoxy) is 1. The molecule has 5 nitrogen and oxygen atoms in total. The molecule has 1 N–H and O–H groups in total. The summed E-state index contributed by atoms with van der Waals surface area (Å²) >= 11 is 0. The molecule has 0 radical (unpaired) electrons. The van der Waals surface area contributed by atoms with Gasteiger partial charge in [0.2, 0.25) is 5.91 Å². The number of carbonyl (C=O) groups excluding carboxylic acids is 1. The van der Waals surface area contributed by atoms with Gasteiger partial charge in [-0.05, 0) is 6.07 Å². The van der Waals surface area contributed by atoms with Crippen molar-refractivity contribution in [3.8, 4) is 17.0 Å². The molecule has 3 rings (SSSR count). The molecule has 1 aromatic heterocycles. The van der Waals surface area contributed by atoms with Crippen LogP contribution >= 0.6 is 0 Å². The van der Waals surface area contributed by atoms with Gasteiger partial charge in [0.1, 0.15) is 17.2 Å². The molecule has 5 heteroatoms. The van der Waals surface area contributed by atoms with Crippen LogP contribution in [-0.2, 0) is 17.6 Å². The highest BCUT2D eigenvalue weighted by molar-refractivity contribution is 5.79. The number of aryl methyl sites for hydroxylation is 1. The van der Waals surface area contributed by atoms with Crippen LogP contribution in [0.25, 0.3) is 11.3 Å². The molecule has 1 amide bonds. The lowest BCUT2D eigenvalue weighted by Gasteiger charge is -2.08. The summed E-state index contributed by atoms with van der Waals surface area (Å²) in [4.78, 5) is 16.7. The second-order valence-electron chi connectivity index (χ2n) is 5.96. The molecular weight excluding hydrogens is 328 g/mol. The summed E-state index contributed by atoms with van der Waals surface area (Å²) in [6.45, 7) is 2.32. The number of amides is 1. The van der Waals surface area contributed by atoms with Crippen molar-refractivity contribution in [3.05, 3.63) is 71.8 Å². The van der Waals surface area contributed by atoms with E-state index in [0.29, 0.717) is 18.9 Å². The Kier molecular flexibility index (Phi) is 5.69. The largest absolute Gasteiger partial charge is 0.496 e. The van der Waals surface area contributed by atoms with Crippen LogP contribution in [0.1, 0.15) is 17.2 Å².